The highest BCUT2D eigenvalue weighted by molar-refractivity contribution is 5.43. The Balaban J connectivity index is 2.05. The van der Waals surface area contributed by atoms with Crippen molar-refractivity contribution in [3.8, 4) is 0 Å². The first-order valence-electron chi connectivity index (χ1n) is 8.25. The molecule has 0 saturated carbocycles. The molecular weight excluding hydrogens is 280 g/mol. The van der Waals surface area contributed by atoms with Gasteiger partial charge in [0.25, 0.3) is 0 Å². The van der Waals surface area contributed by atoms with Crippen molar-refractivity contribution in [1.82, 2.24) is 0 Å². The Bertz CT molecular complexity index is 651. The van der Waals surface area contributed by atoms with E-state index >= 15 is 0 Å². The monoisotopic (exact) mass is 308 g/mol. The summed E-state index contributed by atoms with van der Waals surface area (Å²) in [5.74, 6) is 0. The van der Waals surface area contributed by atoms with Crippen molar-refractivity contribution in [1.29, 1.82) is 0 Å². The van der Waals surface area contributed by atoms with Gasteiger partial charge in [0, 0.05) is 0 Å². The van der Waals surface area contributed by atoms with Gasteiger partial charge in [-0.15, -0.1) is 0 Å². The molecule has 0 aromatic heterocycles. The van der Waals surface area contributed by atoms with Crippen LogP contribution in [0, 0.1) is 5.41 Å². The minimum Gasteiger partial charge on any atom is -0.151 e. The summed E-state index contributed by atoms with van der Waals surface area (Å²) in [6, 6.07) is 16.7. The van der Waals surface area contributed by atoms with Gasteiger partial charge in [0.2, 0.25) is 0 Å². The van der Waals surface area contributed by atoms with E-state index in [-0.39, 0.29) is 5.41 Å². The van der Waals surface area contributed by atoms with Crippen LogP contribution in [0.3, 0.4) is 0 Å². The topological polar surface area (TPSA) is 24.7 Å². The Morgan fingerprint density at radius 1 is 0.652 bits per heavy atom. The fraction of sp³-hybridized carbons (Fsp3) is 0.429. The van der Waals surface area contributed by atoms with E-state index in [0.717, 1.165) is 17.8 Å². The minimum absolute atomic E-state index is 0.165. The van der Waals surface area contributed by atoms with Crippen LogP contribution in [-0.2, 0) is 11.8 Å². The number of hydrogen-bond acceptors (Lipinski definition) is 2. The van der Waals surface area contributed by atoms with Gasteiger partial charge in [-0.25, -0.2) is 0 Å². The van der Waals surface area contributed by atoms with E-state index in [0.29, 0.717) is 5.41 Å². The Hall–Kier alpha value is -1.96. The van der Waals surface area contributed by atoms with Crippen molar-refractivity contribution in [2.75, 3.05) is 0 Å². The molecule has 0 N–H and O–H groups in total. The smallest absolute Gasteiger partial charge is 0.0857 e. The molecule has 0 aliphatic heterocycles. The third-order valence-corrected chi connectivity index (χ3v) is 3.69. The van der Waals surface area contributed by atoms with Crippen molar-refractivity contribution in [3.05, 3.63) is 59.7 Å². The molecule has 122 valence electrons. The molecule has 0 heterocycles. The molecule has 2 heteroatoms. The van der Waals surface area contributed by atoms with Crippen molar-refractivity contribution < 1.29 is 0 Å². The lowest BCUT2D eigenvalue weighted by Crippen LogP contribution is -2.10. The van der Waals surface area contributed by atoms with Gasteiger partial charge in [-0.1, -0.05) is 65.8 Å². The summed E-state index contributed by atoms with van der Waals surface area (Å²) in [7, 11) is 0. The lowest BCUT2D eigenvalue weighted by molar-refractivity contribution is 0.411. The second-order valence-electron chi connectivity index (χ2n) is 8.40. The van der Waals surface area contributed by atoms with E-state index in [2.05, 4.69) is 76.0 Å². The van der Waals surface area contributed by atoms with Gasteiger partial charge in [-0.05, 0) is 52.6 Å². The highest BCUT2D eigenvalue weighted by atomic mass is 15.1. The summed E-state index contributed by atoms with van der Waals surface area (Å²) in [5, 5.41) is 8.66. The number of benzene rings is 2. The summed E-state index contributed by atoms with van der Waals surface area (Å²) >= 11 is 0. The van der Waals surface area contributed by atoms with E-state index < -0.39 is 0 Å². The van der Waals surface area contributed by atoms with Crippen LogP contribution in [0.15, 0.2) is 58.8 Å². The highest BCUT2D eigenvalue weighted by Crippen LogP contribution is 2.26. The minimum atomic E-state index is 0.165. The van der Waals surface area contributed by atoms with Crippen molar-refractivity contribution in [3.63, 3.8) is 0 Å². The quantitative estimate of drug-likeness (QED) is 0.546. The van der Waals surface area contributed by atoms with Crippen LogP contribution in [0.25, 0.3) is 0 Å². The molecule has 0 radical (unpaired) electrons. The maximum atomic E-state index is 4.33. The zero-order chi connectivity index (χ0) is 17.1. The van der Waals surface area contributed by atoms with Crippen molar-refractivity contribution in [2.24, 2.45) is 15.6 Å². The molecule has 23 heavy (non-hydrogen) atoms. The van der Waals surface area contributed by atoms with Crippen molar-refractivity contribution in [2.45, 2.75) is 53.4 Å². The third kappa shape index (κ3) is 5.63. The molecule has 0 spiro atoms. The fourth-order valence-electron chi connectivity index (χ4n) is 2.44. The molecular formula is C21H28N2. The predicted octanol–water partition coefficient (Wildman–Crippen LogP) is 6.99. The molecule has 0 fully saturated rings. The number of rotatable bonds is 3. The van der Waals surface area contributed by atoms with Gasteiger partial charge in [0.1, 0.15) is 0 Å². The van der Waals surface area contributed by atoms with E-state index in [9.17, 15) is 0 Å². The molecule has 0 saturated heterocycles. The number of hydrogen-bond donors (Lipinski definition) is 0. The van der Waals surface area contributed by atoms with Gasteiger partial charge in [-0.3, -0.25) is 0 Å². The zero-order valence-corrected chi connectivity index (χ0v) is 15.2. The second kappa shape index (κ2) is 6.66. The second-order valence-corrected chi connectivity index (χ2v) is 8.40. The molecule has 0 bridgehead atoms. The van der Waals surface area contributed by atoms with E-state index in [4.69, 9.17) is 0 Å². The van der Waals surface area contributed by atoms with Gasteiger partial charge >= 0.3 is 0 Å². The first-order valence-corrected chi connectivity index (χ1v) is 8.25. The molecule has 0 atom stereocenters. The first kappa shape index (κ1) is 17.4. The van der Waals surface area contributed by atoms with Crippen LogP contribution in [0.5, 0.6) is 0 Å². The summed E-state index contributed by atoms with van der Waals surface area (Å²) < 4.78 is 0. The molecule has 2 aromatic carbocycles. The van der Waals surface area contributed by atoms with Gasteiger partial charge < -0.3 is 0 Å². The molecule has 2 rings (SSSR count). The van der Waals surface area contributed by atoms with Gasteiger partial charge in [0.15, 0.2) is 0 Å². The summed E-state index contributed by atoms with van der Waals surface area (Å²) in [4.78, 5) is 0. The summed E-state index contributed by atoms with van der Waals surface area (Å²) in [6.07, 6.45) is 1.07. The van der Waals surface area contributed by atoms with Crippen LogP contribution in [0.1, 0.15) is 52.7 Å². The molecule has 0 amide bonds. The average molecular weight is 308 g/mol. The van der Waals surface area contributed by atoms with E-state index in [1.165, 1.54) is 11.1 Å². The molecule has 0 aliphatic carbocycles. The van der Waals surface area contributed by atoms with Crippen LogP contribution in [0.4, 0.5) is 11.4 Å². The predicted molar refractivity (Wildman–Crippen MR) is 98.9 cm³/mol. The van der Waals surface area contributed by atoms with Crippen LogP contribution >= 0.6 is 0 Å². The zero-order valence-electron chi connectivity index (χ0n) is 15.2. The fourth-order valence-corrected chi connectivity index (χ4v) is 2.44. The van der Waals surface area contributed by atoms with Crippen LogP contribution in [-0.4, -0.2) is 0 Å². The standard InChI is InChI=1S/C21H28N2/c1-20(2,3)15-16-7-11-18(12-8-16)22-23-19-13-9-17(10-14-19)21(4,5)6/h7-14H,15H2,1-6H3/b23-22+. The third-order valence-electron chi connectivity index (χ3n) is 3.69. The number of azo groups is 1. The summed E-state index contributed by atoms with van der Waals surface area (Å²) in [5.41, 5.74) is 4.89. The lowest BCUT2D eigenvalue weighted by atomic mass is 9.87. The molecule has 2 nitrogen and oxygen atoms in total. The Labute approximate surface area is 140 Å². The molecule has 0 unspecified atom stereocenters. The van der Waals surface area contributed by atoms with E-state index in [1.54, 1.807) is 0 Å². The molecule has 2 aromatic rings. The highest BCUT2D eigenvalue weighted by Gasteiger charge is 2.13. The average Bonchev–Trinajstić information content (AvgIpc) is 2.44. The molecule has 0 aliphatic rings. The van der Waals surface area contributed by atoms with Crippen LogP contribution in [0.2, 0.25) is 0 Å². The van der Waals surface area contributed by atoms with Gasteiger partial charge in [-0.2, -0.15) is 10.2 Å². The Kier molecular flexibility index (Phi) is 5.03. The lowest BCUT2D eigenvalue weighted by Gasteiger charge is -2.18. The Morgan fingerprint density at radius 2 is 1.09 bits per heavy atom. The van der Waals surface area contributed by atoms with Crippen molar-refractivity contribution >= 4 is 11.4 Å². The van der Waals surface area contributed by atoms with Crippen LogP contribution < -0.4 is 0 Å². The maximum Gasteiger partial charge on any atom is 0.0857 e. The SMILES string of the molecule is CC(C)(C)Cc1ccc(/N=N/c2ccc(C(C)(C)C)cc2)cc1. The number of nitrogens with zero attached hydrogens (tertiary/aromatic N) is 2. The first-order chi connectivity index (χ1) is 10.6. The maximum absolute atomic E-state index is 4.33. The normalized spacial score (nSPS) is 12.8. The largest absolute Gasteiger partial charge is 0.151 e. The summed E-state index contributed by atoms with van der Waals surface area (Å²) in [6.45, 7) is 13.4. The van der Waals surface area contributed by atoms with E-state index in [1.807, 2.05) is 24.3 Å². The van der Waals surface area contributed by atoms with Gasteiger partial charge in [0.05, 0.1) is 11.4 Å². The Morgan fingerprint density at radius 3 is 1.48 bits per heavy atom.